The summed E-state index contributed by atoms with van der Waals surface area (Å²) in [5.41, 5.74) is 3.05. The predicted octanol–water partition coefficient (Wildman–Crippen LogP) is 5.58. The number of hydrogen-bond acceptors (Lipinski definition) is 4. The van der Waals surface area contributed by atoms with Crippen LogP contribution in [0.2, 0.25) is 5.02 Å². The van der Waals surface area contributed by atoms with E-state index in [1.165, 1.54) is 33.9 Å². The second kappa shape index (κ2) is 8.61. The van der Waals surface area contributed by atoms with Crippen molar-refractivity contribution in [2.75, 3.05) is 5.32 Å². The summed E-state index contributed by atoms with van der Waals surface area (Å²) in [5.74, 6) is -0.450. The Morgan fingerprint density at radius 2 is 1.90 bits per heavy atom. The molecule has 0 aliphatic carbocycles. The molecule has 4 rings (SSSR count). The number of benzene rings is 2. The smallest absolute Gasteiger partial charge is 0.230 e. The zero-order valence-electron chi connectivity index (χ0n) is 16.0. The number of amides is 1. The lowest BCUT2D eigenvalue weighted by Crippen LogP contribution is -2.22. The van der Waals surface area contributed by atoms with E-state index in [9.17, 15) is 9.18 Å². The number of thiazole rings is 1. The molecule has 0 saturated heterocycles. The minimum absolute atomic E-state index is 0.143. The van der Waals surface area contributed by atoms with Gasteiger partial charge in [0.15, 0.2) is 5.13 Å². The molecule has 7 heteroatoms. The quantitative estimate of drug-likeness (QED) is 0.556. The van der Waals surface area contributed by atoms with Gasteiger partial charge < -0.3 is 5.32 Å². The Kier molecular flexibility index (Phi) is 5.94. The highest BCUT2D eigenvalue weighted by Crippen LogP contribution is 2.41. The Morgan fingerprint density at radius 1 is 1.21 bits per heavy atom. The second-order valence-corrected chi connectivity index (χ2v) is 8.65. The molecule has 0 spiro atoms. The van der Waals surface area contributed by atoms with Crippen LogP contribution in [0, 0.1) is 5.82 Å². The standard InChI is InChI=1S/C22H21ClFN3OS/c1-2-18-21-19(13-27(18)12-15-3-7-16(23)8-4-15)29-22(26-21)25-20(28)11-14-5-9-17(24)10-6-14/h3-10,18H,2,11-13H2,1H3,(H,25,26,28)/t18-/m0/s1. The fourth-order valence-electron chi connectivity index (χ4n) is 3.65. The molecule has 2 heterocycles. The molecule has 0 fully saturated rings. The van der Waals surface area contributed by atoms with Gasteiger partial charge in [0.05, 0.1) is 18.2 Å². The lowest BCUT2D eigenvalue weighted by Gasteiger charge is -2.23. The fourth-order valence-corrected chi connectivity index (χ4v) is 4.84. The second-order valence-electron chi connectivity index (χ2n) is 7.13. The number of halogens is 2. The van der Waals surface area contributed by atoms with Crippen LogP contribution < -0.4 is 5.32 Å². The summed E-state index contributed by atoms with van der Waals surface area (Å²) >= 11 is 7.52. The molecule has 0 saturated carbocycles. The van der Waals surface area contributed by atoms with Gasteiger partial charge in [0.1, 0.15) is 5.82 Å². The molecule has 0 unspecified atom stereocenters. The van der Waals surface area contributed by atoms with Gasteiger partial charge in [-0.25, -0.2) is 9.37 Å². The molecule has 150 valence electrons. The fraction of sp³-hybridized carbons (Fsp3) is 0.273. The van der Waals surface area contributed by atoms with Crippen LogP contribution in [-0.2, 0) is 24.3 Å². The Bertz CT molecular complexity index is 1000. The summed E-state index contributed by atoms with van der Waals surface area (Å²) in [7, 11) is 0. The number of nitrogens with one attached hydrogen (secondary N) is 1. The molecule has 1 aliphatic rings. The average Bonchev–Trinajstić information content (AvgIpc) is 3.21. The third-order valence-electron chi connectivity index (χ3n) is 5.04. The zero-order chi connectivity index (χ0) is 20.4. The zero-order valence-corrected chi connectivity index (χ0v) is 17.6. The van der Waals surface area contributed by atoms with E-state index in [1.807, 2.05) is 12.1 Å². The molecule has 1 aromatic heterocycles. The summed E-state index contributed by atoms with van der Waals surface area (Å²) in [6, 6.07) is 14.1. The van der Waals surface area contributed by atoms with Crippen LogP contribution in [0.25, 0.3) is 0 Å². The van der Waals surface area contributed by atoms with Crippen LogP contribution in [0.1, 0.15) is 41.1 Å². The molecular weight excluding hydrogens is 409 g/mol. The maximum absolute atomic E-state index is 13.0. The van der Waals surface area contributed by atoms with Crippen LogP contribution in [-0.4, -0.2) is 15.8 Å². The Labute approximate surface area is 178 Å². The van der Waals surface area contributed by atoms with Crippen molar-refractivity contribution in [2.45, 2.75) is 38.9 Å². The Morgan fingerprint density at radius 3 is 2.59 bits per heavy atom. The summed E-state index contributed by atoms with van der Waals surface area (Å²) < 4.78 is 13.0. The topological polar surface area (TPSA) is 45.2 Å². The van der Waals surface area contributed by atoms with Gasteiger partial charge in [0, 0.05) is 23.0 Å². The largest absolute Gasteiger partial charge is 0.302 e. The lowest BCUT2D eigenvalue weighted by molar-refractivity contribution is -0.115. The van der Waals surface area contributed by atoms with Crippen molar-refractivity contribution in [1.29, 1.82) is 0 Å². The summed E-state index contributed by atoms with van der Waals surface area (Å²) in [4.78, 5) is 20.6. The summed E-state index contributed by atoms with van der Waals surface area (Å²) in [6.45, 7) is 3.81. The first kappa shape index (κ1) is 20.0. The van der Waals surface area contributed by atoms with Gasteiger partial charge >= 0.3 is 0 Å². The normalized spacial score (nSPS) is 16.0. The molecule has 1 N–H and O–H groups in total. The highest BCUT2D eigenvalue weighted by atomic mass is 35.5. The maximum atomic E-state index is 13.0. The van der Waals surface area contributed by atoms with Crippen molar-refractivity contribution < 1.29 is 9.18 Å². The number of aromatic nitrogens is 1. The average molecular weight is 430 g/mol. The Balaban J connectivity index is 1.41. The van der Waals surface area contributed by atoms with Gasteiger partial charge in [-0.05, 0) is 41.8 Å². The first-order valence-electron chi connectivity index (χ1n) is 9.54. The molecule has 1 atom stereocenters. The summed E-state index contributed by atoms with van der Waals surface area (Å²) in [6.07, 6.45) is 1.15. The van der Waals surface area contributed by atoms with E-state index in [-0.39, 0.29) is 24.2 Å². The van der Waals surface area contributed by atoms with Crippen molar-refractivity contribution in [3.63, 3.8) is 0 Å². The monoisotopic (exact) mass is 429 g/mol. The third kappa shape index (κ3) is 4.66. The maximum Gasteiger partial charge on any atom is 0.230 e. The minimum Gasteiger partial charge on any atom is -0.302 e. The molecule has 2 aromatic carbocycles. The first-order valence-corrected chi connectivity index (χ1v) is 10.7. The van der Waals surface area contributed by atoms with E-state index in [2.05, 4.69) is 29.3 Å². The molecule has 0 radical (unpaired) electrons. The molecule has 4 nitrogen and oxygen atoms in total. The van der Waals surface area contributed by atoms with Crippen molar-refractivity contribution >= 4 is 34.0 Å². The van der Waals surface area contributed by atoms with E-state index < -0.39 is 0 Å². The van der Waals surface area contributed by atoms with E-state index >= 15 is 0 Å². The molecule has 0 bridgehead atoms. The highest BCUT2D eigenvalue weighted by molar-refractivity contribution is 7.15. The van der Waals surface area contributed by atoms with Gasteiger partial charge in [0.25, 0.3) is 0 Å². The van der Waals surface area contributed by atoms with Crippen LogP contribution in [0.5, 0.6) is 0 Å². The number of rotatable bonds is 6. The molecule has 29 heavy (non-hydrogen) atoms. The van der Waals surface area contributed by atoms with E-state index in [1.54, 1.807) is 12.1 Å². The molecule has 1 amide bonds. The number of anilines is 1. The molecule has 1 aliphatic heterocycles. The number of carbonyl (C=O) groups is 1. The van der Waals surface area contributed by atoms with E-state index in [0.717, 1.165) is 35.8 Å². The SMILES string of the molecule is CC[C@H]1c2nc(NC(=O)Cc3ccc(F)cc3)sc2CN1Cc1ccc(Cl)cc1. The van der Waals surface area contributed by atoms with E-state index in [0.29, 0.717) is 5.13 Å². The summed E-state index contributed by atoms with van der Waals surface area (Å²) in [5, 5.41) is 4.26. The highest BCUT2D eigenvalue weighted by Gasteiger charge is 2.33. The van der Waals surface area contributed by atoms with Crippen LogP contribution in [0.3, 0.4) is 0 Å². The number of carbonyl (C=O) groups excluding carboxylic acids is 1. The number of hydrogen-bond donors (Lipinski definition) is 1. The third-order valence-corrected chi connectivity index (χ3v) is 6.26. The number of fused-ring (bicyclic) bond motifs is 1. The van der Waals surface area contributed by atoms with Crippen molar-refractivity contribution in [1.82, 2.24) is 9.88 Å². The van der Waals surface area contributed by atoms with Gasteiger partial charge in [-0.3, -0.25) is 9.69 Å². The van der Waals surface area contributed by atoms with Gasteiger partial charge in [-0.1, -0.05) is 42.8 Å². The van der Waals surface area contributed by atoms with Crippen LogP contribution in [0.15, 0.2) is 48.5 Å². The number of nitrogens with zero attached hydrogens (tertiary/aromatic N) is 2. The van der Waals surface area contributed by atoms with Gasteiger partial charge in [0.2, 0.25) is 5.91 Å². The first-order chi connectivity index (χ1) is 14.0. The molecule has 3 aromatic rings. The van der Waals surface area contributed by atoms with Crippen LogP contribution in [0.4, 0.5) is 9.52 Å². The Hall–Kier alpha value is -2.28. The van der Waals surface area contributed by atoms with Gasteiger partial charge in [-0.2, -0.15) is 0 Å². The predicted molar refractivity (Wildman–Crippen MR) is 115 cm³/mol. The minimum atomic E-state index is -0.306. The molecular formula is C22H21ClFN3OS. The van der Waals surface area contributed by atoms with E-state index in [4.69, 9.17) is 16.6 Å². The lowest BCUT2D eigenvalue weighted by atomic mass is 10.1. The van der Waals surface area contributed by atoms with Gasteiger partial charge in [-0.15, -0.1) is 11.3 Å². The van der Waals surface area contributed by atoms with Crippen molar-refractivity contribution in [3.8, 4) is 0 Å². The van der Waals surface area contributed by atoms with Crippen molar-refractivity contribution in [3.05, 3.63) is 81.1 Å². The van der Waals surface area contributed by atoms with Crippen molar-refractivity contribution in [2.24, 2.45) is 0 Å². The van der Waals surface area contributed by atoms with Crippen LogP contribution >= 0.6 is 22.9 Å².